The van der Waals surface area contributed by atoms with Gasteiger partial charge in [0.15, 0.2) is 0 Å². The van der Waals surface area contributed by atoms with Crippen LogP contribution in [0.25, 0.3) is 0 Å². The molecule has 1 rings (SSSR count). The van der Waals surface area contributed by atoms with Gasteiger partial charge in [-0.3, -0.25) is 0 Å². The number of benzene rings is 1. The summed E-state index contributed by atoms with van der Waals surface area (Å²) in [4.78, 5) is 1.21. The Morgan fingerprint density at radius 1 is 0.737 bits per heavy atom. The van der Waals surface area contributed by atoms with E-state index in [0.717, 1.165) is 0 Å². The van der Waals surface area contributed by atoms with E-state index in [-0.39, 0.29) is 0 Å². The lowest BCUT2D eigenvalue weighted by atomic mass is 9.91. The summed E-state index contributed by atoms with van der Waals surface area (Å²) in [6.07, 6.45) is 11.4. The van der Waals surface area contributed by atoms with Gasteiger partial charge in [0.2, 0.25) is 0 Å². The highest BCUT2D eigenvalue weighted by molar-refractivity contribution is 7.80. The zero-order valence-corrected chi connectivity index (χ0v) is 13.9. The van der Waals surface area contributed by atoms with E-state index in [0.29, 0.717) is 0 Å². The van der Waals surface area contributed by atoms with Crippen LogP contribution in [-0.2, 0) is 19.3 Å². The molecule has 0 fully saturated rings. The highest BCUT2D eigenvalue weighted by Crippen LogP contribution is 2.27. The predicted molar refractivity (Wildman–Crippen MR) is 89.5 cm³/mol. The summed E-state index contributed by atoms with van der Waals surface area (Å²) < 4.78 is 0. The Bertz CT molecular complexity index is 368. The average Bonchev–Trinajstić information content (AvgIpc) is 2.42. The van der Waals surface area contributed by atoms with Gasteiger partial charge in [0.1, 0.15) is 0 Å². The number of unbranched alkanes of at least 4 members (excludes halogenated alkanes) is 3. The molecular formula is C18H30S. The van der Waals surface area contributed by atoms with Gasteiger partial charge in [0.05, 0.1) is 0 Å². The summed E-state index contributed by atoms with van der Waals surface area (Å²) in [6, 6.07) is 4.53. The van der Waals surface area contributed by atoms with Crippen LogP contribution in [0.4, 0.5) is 0 Å². The first-order chi connectivity index (χ1) is 9.24. The van der Waals surface area contributed by atoms with Crippen LogP contribution in [0.1, 0.15) is 76.0 Å². The summed E-state index contributed by atoms with van der Waals surface area (Å²) in [6.45, 7) is 6.82. The van der Waals surface area contributed by atoms with Gasteiger partial charge in [0, 0.05) is 4.90 Å². The van der Waals surface area contributed by atoms with Crippen molar-refractivity contribution in [3.05, 3.63) is 28.8 Å². The summed E-state index contributed by atoms with van der Waals surface area (Å²) in [7, 11) is 0. The number of hydrogen-bond donors (Lipinski definition) is 1. The second-order valence-corrected chi connectivity index (χ2v) is 5.99. The molecule has 0 atom stereocenters. The molecule has 0 aliphatic carbocycles. The van der Waals surface area contributed by atoms with Gasteiger partial charge < -0.3 is 0 Å². The Morgan fingerprint density at radius 2 is 1.26 bits per heavy atom. The highest BCUT2D eigenvalue weighted by Gasteiger charge is 2.11. The van der Waals surface area contributed by atoms with E-state index in [1.807, 2.05) is 0 Å². The monoisotopic (exact) mass is 278 g/mol. The molecule has 0 amide bonds. The predicted octanol–water partition coefficient (Wildman–Crippen LogP) is 6.00. The molecule has 0 saturated carbocycles. The largest absolute Gasteiger partial charge is 0.143 e. The quantitative estimate of drug-likeness (QED) is 0.526. The van der Waals surface area contributed by atoms with Crippen molar-refractivity contribution < 1.29 is 0 Å². The third-order valence-electron chi connectivity index (χ3n) is 3.86. The molecule has 0 saturated heterocycles. The zero-order chi connectivity index (χ0) is 14.1. The van der Waals surface area contributed by atoms with E-state index < -0.39 is 0 Å². The smallest absolute Gasteiger partial charge is 0.00749 e. The second-order valence-electron chi connectivity index (χ2n) is 5.51. The Balaban J connectivity index is 3.00. The van der Waals surface area contributed by atoms with Crippen molar-refractivity contribution in [1.82, 2.24) is 0 Å². The number of aryl methyl sites for hydroxylation is 1. The van der Waals surface area contributed by atoms with Gasteiger partial charge in [-0.05, 0) is 61.3 Å². The Labute approximate surface area is 125 Å². The summed E-state index contributed by atoms with van der Waals surface area (Å²) in [5, 5.41) is 0. The third-order valence-corrected chi connectivity index (χ3v) is 4.28. The minimum absolute atomic E-state index is 1.20. The van der Waals surface area contributed by atoms with Crippen LogP contribution in [-0.4, -0.2) is 0 Å². The van der Waals surface area contributed by atoms with E-state index in [9.17, 15) is 0 Å². The molecule has 0 nitrogen and oxygen atoms in total. The average molecular weight is 279 g/mol. The van der Waals surface area contributed by atoms with Crippen LogP contribution < -0.4 is 0 Å². The fourth-order valence-corrected chi connectivity index (χ4v) is 2.95. The van der Waals surface area contributed by atoms with Crippen LogP contribution in [0, 0.1) is 0 Å². The van der Waals surface area contributed by atoms with Crippen molar-refractivity contribution in [2.24, 2.45) is 0 Å². The molecule has 0 spiro atoms. The summed E-state index contributed by atoms with van der Waals surface area (Å²) in [5.41, 5.74) is 4.74. The number of rotatable bonds is 9. The first-order valence-corrected chi connectivity index (χ1v) is 8.51. The number of hydrogen-bond acceptors (Lipinski definition) is 1. The van der Waals surface area contributed by atoms with Crippen molar-refractivity contribution in [1.29, 1.82) is 0 Å². The molecular weight excluding hydrogens is 248 g/mol. The van der Waals surface area contributed by atoms with Crippen LogP contribution >= 0.6 is 12.6 Å². The van der Waals surface area contributed by atoms with Gasteiger partial charge in [0.25, 0.3) is 0 Å². The lowest BCUT2D eigenvalue weighted by Crippen LogP contribution is -2.03. The van der Waals surface area contributed by atoms with Crippen molar-refractivity contribution in [3.8, 4) is 0 Å². The van der Waals surface area contributed by atoms with Crippen LogP contribution in [0.2, 0.25) is 0 Å². The summed E-state index contributed by atoms with van der Waals surface area (Å²) in [5.74, 6) is 0. The molecule has 0 bridgehead atoms. The molecule has 1 aromatic carbocycles. The normalized spacial score (nSPS) is 10.9. The topological polar surface area (TPSA) is 0 Å². The van der Waals surface area contributed by atoms with Gasteiger partial charge >= 0.3 is 0 Å². The molecule has 1 aromatic rings. The Morgan fingerprint density at radius 3 is 1.84 bits per heavy atom. The Hall–Kier alpha value is -0.430. The van der Waals surface area contributed by atoms with E-state index >= 15 is 0 Å². The van der Waals surface area contributed by atoms with Gasteiger partial charge in [-0.2, -0.15) is 0 Å². The zero-order valence-electron chi connectivity index (χ0n) is 13.0. The standard InChI is InChI=1S/C18H30S/c1-4-7-10-15-13-14-18(19)17(12-9-6-3)16(15)11-8-5-2/h13-14,19H,4-12H2,1-3H3. The van der Waals surface area contributed by atoms with Crippen LogP contribution in [0.5, 0.6) is 0 Å². The van der Waals surface area contributed by atoms with E-state index in [1.54, 1.807) is 11.1 Å². The van der Waals surface area contributed by atoms with Crippen molar-refractivity contribution in [2.75, 3.05) is 0 Å². The van der Waals surface area contributed by atoms with Gasteiger partial charge in [-0.15, -0.1) is 12.6 Å². The third kappa shape index (κ3) is 5.22. The number of thiol groups is 1. The van der Waals surface area contributed by atoms with Crippen LogP contribution in [0.15, 0.2) is 17.0 Å². The molecule has 0 aliphatic rings. The van der Waals surface area contributed by atoms with Gasteiger partial charge in [-0.25, -0.2) is 0 Å². The van der Waals surface area contributed by atoms with Crippen LogP contribution in [0.3, 0.4) is 0 Å². The van der Waals surface area contributed by atoms with E-state index in [1.165, 1.54) is 68.2 Å². The molecule has 0 N–H and O–H groups in total. The Kier molecular flexibility index (Phi) is 8.29. The second kappa shape index (κ2) is 9.47. The van der Waals surface area contributed by atoms with E-state index in [4.69, 9.17) is 12.6 Å². The molecule has 0 aromatic heterocycles. The lowest BCUT2D eigenvalue weighted by Gasteiger charge is -2.17. The van der Waals surface area contributed by atoms with Crippen molar-refractivity contribution >= 4 is 12.6 Å². The fraction of sp³-hybridized carbons (Fsp3) is 0.667. The summed E-state index contributed by atoms with van der Waals surface area (Å²) >= 11 is 4.70. The fourth-order valence-electron chi connectivity index (χ4n) is 2.63. The molecule has 1 heteroatoms. The molecule has 108 valence electrons. The first-order valence-electron chi connectivity index (χ1n) is 8.07. The molecule has 19 heavy (non-hydrogen) atoms. The maximum absolute atomic E-state index is 4.70. The maximum Gasteiger partial charge on any atom is 0.00749 e. The SMILES string of the molecule is CCCCc1ccc(S)c(CCCC)c1CCCC. The molecule has 0 aliphatic heterocycles. The van der Waals surface area contributed by atoms with Crippen molar-refractivity contribution in [2.45, 2.75) is 83.5 Å². The maximum atomic E-state index is 4.70. The highest BCUT2D eigenvalue weighted by atomic mass is 32.1. The molecule has 0 heterocycles. The van der Waals surface area contributed by atoms with Crippen molar-refractivity contribution in [3.63, 3.8) is 0 Å². The lowest BCUT2D eigenvalue weighted by molar-refractivity contribution is 0.727. The van der Waals surface area contributed by atoms with Gasteiger partial charge in [-0.1, -0.05) is 46.1 Å². The molecule has 0 radical (unpaired) electrons. The minimum Gasteiger partial charge on any atom is -0.143 e. The minimum atomic E-state index is 1.20. The van der Waals surface area contributed by atoms with E-state index in [2.05, 4.69) is 32.9 Å². The molecule has 0 unspecified atom stereocenters. The first kappa shape index (κ1) is 16.6.